The molecule has 5 rings (SSSR count). The van der Waals surface area contributed by atoms with Gasteiger partial charge in [0.25, 0.3) is 5.91 Å². The van der Waals surface area contributed by atoms with Gasteiger partial charge in [0.2, 0.25) is 5.95 Å². The van der Waals surface area contributed by atoms with Crippen LogP contribution < -0.4 is 5.32 Å². The van der Waals surface area contributed by atoms with Crippen molar-refractivity contribution in [2.75, 3.05) is 38.0 Å². The van der Waals surface area contributed by atoms with E-state index in [9.17, 15) is 4.79 Å². The molecule has 6 nitrogen and oxygen atoms in total. The number of carbonyl (C=O) groups excluding carboxylic acids is 1. The summed E-state index contributed by atoms with van der Waals surface area (Å²) in [6.07, 6.45) is 9.23. The van der Waals surface area contributed by atoms with E-state index in [1.807, 2.05) is 23.1 Å². The standard InChI is InChI=1S/C36H47N5O/c1-3-5-25-40(26-6-4-2)35(42)31-18-21-33-34(28-31)41(27-13-24-39-22-11-8-12-23-39)36(38-33)37-32-19-16-30(17-20-32)29-14-9-7-10-15-29/h7,9-10,14-21,28H,3-6,8,11-13,22-27H2,1-2H3,(H,37,38). The number of likely N-dealkylation sites (tertiary alicyclic amines) is 1. The monoisotopic (exact) mass is 565 g/mol. The smallest absolute Gasteiger partial charge is 0.253 e. The molecular weight excluding hydrogens is 518 g/mol. The number of piperidine rings is 1. The van der Waals surface area contributed by atoms with Gasteiger partial charge in [-0.2, -0.15) is 0 Å². The minimum absolute atomic E-state index is 0.130. The summed E-state index contributed by atoms with van der Waals surface area (Å²) in [6.45, 7) is 10.3. The van der Waals surface area contributed by atoms with Gasteiger partial charge in [0, 0.05) is 30.9 Å². The SMILES string of the molecule is CCCCN(CCCC)C(=O)c1ccc2nc(Nc3ccc(-c4ccccc4)cc3)n(CCCN3CCCCC3)c2c1. The third-order valence-electron chi connectivity index (χ3n) is 8.40. The molecule has 3 aromatic carbocycles. The summed E-state index contributed by atoms with van der Waals surface area (Å²) in [5.41, 5.74) is 6.10. The lowest BCUT2D eigenvalue weighted by Gasteiger charge is -2.26. The molecule has 0 spiro atoms. The van der Waals surface area contributed by atoms with Crippen LogP contribution in [-0.2, 0) is 6.54 Å². The van der Waals surface area contributed by atoms with Gasteiger partial charge in [-0.15, -0.1) is 0 Å². The van der Waals surface area contributed by atoms with Gasteiger partial charge in [-0.25, -0.2) is 4.98 Å². The number of rotatable bonds is 14. The van der Waals surface area contributed by atoms with Gasteiger partial charge in [-0.1, -0.05) is 75.6 Å². The Morgan fingerprint density at radius 2 is 1.50 bits per heavy atom. The maximum atomic E-state index is 13.7. The van der Waals surface area contributed by atoms with Gasteiger partial charge < -0.3 is 19.7 Å². The Morgan fingerprint density at radius 1 is 0.810 bits per heavy atom. The quantitative estimate of drug-likeness (QED) is 0.167. The van der Waals surface area contributed by atoms with Crippen molar-refractivity contribution in [3.63, 3.8) is 0 Å². The van der Waals surface area contributed by atoms with Crippen LogP contribution in [0.2, 0.25) is 0 Å². The average Bonchev–Trinajstić information content (AvgIpc) is 3.38. The predicted molar refractivity (Wildman–Crippen MR) is 176 cm³/mol. The molecule has 0 atom stereocenters. The molecule has 0 radical (unpaired) electrons. The minimum atomic E-state index is 0.130. The third-order valence-corrected chi connectivity index (χ3v) is 8.40. The van der Waals surface area contributed by atoms with Crippen LogP contribution in [0.25, 0.3) is 22.2 Å². The Bertz CT molecular complexity index is 1400. The second-order valence-corrected chi connectivity index (χ2v) is 11.6. The Hall–Kier alpha value is -3.64. The van der Waals surface area contributed by atoms with Crippen molar-refractivity contribution in [2.24, 2.45) is 0 Å². The van der Waals surface area contributed by atoms with E-state index in [0.717, 1.165) is 86.5 Å². The van der Waals surface area contributed by atoms with Crippen molar-refractivity contribution in [2.45, 2.75) is 71.8 Å². The van der Waals surface area contributed by atoms with Crippen LogP contribution in [0, 0.1) is 0 Å². The number of imidazole rings is 1. The Labute approximate surface area is 251 Å². The van der Waals surface area contributed by atoms with Crippen molar-refractivity contribution in [1.29, 1.82) is 0 Å². The Balaban J connectivity index is 1.41. The zero-order chi connectivity index (χ0) is 29.1. The summed E-state index contributed by atoms with van der Waals surface area (Å²) in [5, 5.41) is 3.60. The van der Waals surface area contributed by atoms with Crippen LogP contribution in [0.1, 0.15) is 75.6 Å². The van der Waals surface area contributed by atoms with E-state index in [2.05, 4.69) is 83.2 Å². The number of unbranched alkanes of at least 4 members (excludes halogenated alkanes) is 2. The molecule has 1 fully saturated rings. The minimum Gasteiger partial charge on any atom is -0.339 e. The molecule has 222 valence electrons. The number of nitrogens with one attached hydrogen (secondary N) is 1. The van der Waals surface area contributed by atoms with Gasteiger partial charge in [0.05, 0.1) is 11.0 Å². The van der Waals surface area contributed by atoms with Crippen LogP contribution in [0.5, 0.6) is 0 Å². The Kier molecular flexibility index (Phi) is 10.7. The van der Waals surface area contributed by atoms with E-state index in [0.29, 0.717) is 0 Å². The maximum Gasteiger partial charge on any atom is 0.253 e. The number of carbonyl (C=O) groups is 1. The summed E-state index contributed by atoms with van der Waals surface area (Å²) in [6, 6.07) is 25.0. The molecule has 1 amide bonds. The van der Waals surface area contributed by atoms with Crippen molar-refractivity contribution in [1.82, 2.24) is 19.4 Å². The molecule has 1 saturated heterocycles. The molecule has 42 heavy (non-hydrogen) atoms. The lowest BCUT2D eigenvalue weighted by molar-refractivity contribution is 0.0751. The zero-order valence-electron chi connectivity index (χ0n) is 25.5. The van der Waals surface area contributed by atoms with E-state index in [1.54, 1.807) is 0 Å². The number of nitrogens with zero attached hydrogens (tertiary/aromatic N) is 4. The first kappa shape index (κ1) is 29.8. The summed E-state index contributed by atoms with van der Waals surface area (Å²) < 4.78 is 2.28. The van der Waals surface area contributed by atoms with Crippen molar-refractivity contribution >= 4 is 28.6 Å². The molecule has 1 aliphatic heterocycles. The number of aryl methyl sites for hydroxylation is 1. The van der Waals surface area contributed by atoms with Gasteiger partial charge in [0.15, 0.2) is 0 Å². The first-order valence-electron chi connectivity index (χ1n) is 16.1. The summed E-state index contributed by atoms with van der Waals surface area (Å²) >= 11 is 0. The summed E-state index contributed by atoms with van der Waals surface area (Å²) in [7, 11) is 0. The highest BCUT2D eigenvalue weighted by Crippen LogP contribution is 2.27. The number of benzene rings is 3. The molecule has 1 N–H and O–H groups in total. The first-order valence-corrected chi connectivity index (χ1v) is 16.1. The maximum absolute atomic E-state index is 13.7. The fraction of sp³-hybridized carbons (Fsp3) is 0.444. The summed E-state index contributed by atoms with van der Waals surface area (Å²) in [5.74, 6) is 0.959. The van der Waals surface area contributed by atoms with Gasteiger partial charge in [-0.3, -0.25) is 4.79 Å². The fourth-order valence-corrected chi connectivity index (χ4v) is 5.91. The molecule has 0 unspecified atom stereocenters. The normalized spacial score (nSPS) is 13.9. The second-order valence-electron chi connectivity index (χ2n) is 11.6. The topological polar surface area (TPSA) is 53.4 Å². The number of hydrogen-bond donors (Lipinski definition) is 1. The fourth-order valence-electron chi connectivity index (χ4n) is 5.91. The first-order chi connectivity index (χ1) is 20.7. The van der Waals surface area contributed by atoms with Crippen molar-refractivity contribution < 1.29 is 4.79 Å². The number of aromatic nitrogens is 2. The molecular formula is C36H47N5O. The van der Waals surface area contributed by atoms with E-state index < -0.39 is 0 Å². The van der Waals surface area contributed by atoms with Crippen LogP contribution in [0.3, 0.4) is 0 Å². The van der Waals surface area contributed by atoms with Crippen molar-refractivity contribution in [3.05, 3.63) is 78.4 Å². The van der Waals surface area contributed by atoms with Crippen LogP contribution >= 0.6 is 0 Å². The number of amides is 1. The van der Waals surface area contributed by atoms with Gasteiger partial charge in [-0.05, 0) is 93.2 Å². The predicted octanol–water partition coefficient (Wildman–Crippen LogP) is 8.37. The molecule has 0 aliphatic carbocycles. The van der Waals surface area contributed by atoms with Gasteiger partial charge in [0.1, 0.15) is 0 Å². The van der Waals surface area contributed by atoms with Gasteiger partial charge >= 0.3 is 0 Å². The number of anilines is 2. The summed E-state index contributed by atoms with van der Waals surface area (Å²) in [4.78, 5) is 23.3. The Morgan fingerprint density at radius 3 is 2.19 bits per heavy atom. The number of hydrogen-bond acceptors (Lipinski definition) is 4. The highest BCUT2D eigenvalue weighted by Gasteiger charge is 2.19. The molecule has 2 heterocycles. The third kappa shape index (κ3) is 7.60. The lowest BCUT2D eigenvalue weighted by atomic mass is 10.1. The van der Waals surface area contributed by atoms with E-state index >= 15 is 0 Å². The highest BCUT2D eigenvalue weighted by atomic mass is 16.2. The van der Waals surface area contributed by atoms with E-state index in [-0.39, 0.29) is 5.91 Å². The van der Waals surface area contributed by atoms with E-state index in [4.69, 9.17) is 4.98 Å². The molecule has 0 saturated carbocycles. The highest BCUT2D eigenvalue weighted by molar-refractivity contribution is 5.98. The molecule has 4 aromatic rings. The lowest BCUT2D eigenvalue weighted by Crippen LogP contribution is -2.33. The molecule has 6 heteroatoms. The van der Waals surface area contributed by atoms with Crippen LogP contribution in [0.15, 0.2) is 72.8 Å². The number of fused-ring (bicyclic) bond motifs is 1. The zero-order valence-corrected chi connectivity index (χ0v) is 25.5. The van der Waals surface area contributed by atoms with E-state index in [1.165, 1.54) is 43.5 Å². The molecule has 1 aliphatic rings. The molecule has 1 aromatic heterocycles. The second kappa shape index (κ2) is 15.0. The molecule has 0 bridgehead atoms. The van der Waals surface area contributed by atoms with Crippen molar-refractivity contribution in [3.8, 4) is 11.1 Å². The van der Waals surface area contributed by atoms with Crippen LogP contribution in [-0.4, -0.2) is 58.0 Å². The van der Waals surface area contributed by atoms with Crippen LogP contribution in [0.4, 0.5) is 11.6 Å². The average molecular weight is 566 g/mol. The largest absolute Gasteiger partial charge is 0.339 e.